The topological polar surface area (TPSA) is 110 Å². The molecule has 7 nitrogen and oxygen atoms in total. The van der Waals surface area contributed by atoms with Crippen molar-refractivity contribution in [2.75, 3.05) is 0 Å². The van der Waals surface area contributed by atoms with E-state index in [0.29, 0.717) is 11.1 Å². The van der Waals surface area contributed by atoms with E-state index in [1.807, 2.05) is 32.0 Å². The summed E-state index contributed by atoms with van der Waals surface area (Å²) in [5.74, 6) is -0.823. The van der Waals surface area contributed by atoms with Crippen LogP contribution in [0.2, 0.25) is 0 Å². The Hall–Kier alpha value is -3.52. The van der Waals surface area contributed by atoms with Crippen LogP contribution in [0, 0.1) is 13.8 Å². The number of aliphatic carboxylic acids is 1. The maximum absolute atomic E-state index is 10.2. The van der Waals surface area contributed by atoms with E-state index in [4.69, 9.17) is 5.11 Å². The third-order valence-corrected chi connectivity index (χ3v) is 3.96. The number of carboxylic acids is 1. The lowest BCUT2D eigenvalue weighted by Gasteiger charge is -1.92. The van der Waals surface area contributed by atoms with Gasteiger partial charge in [0.2, 0.25) is 0 Å². The smallest absolute Gasteiger partial charge is 0.307 e. The predicted molar refractivity (Wildman–Crippen MR) is 122 cm³/mol. The zero-order chi connectivity index (χ0) is 23.1. The second-order valence-corrected chi connectivity index (χ2v) is 6.93. The van der Waals surface area contributed by atoms with Gasteiger partial charge < -0.3 is 5.11 Å². The normalized spacial score (nSPS) is 9.65. The number of aromatic nitrogens is 3. The van der Waals surface area contributed by atoms with Gasteiger partial charge >= 0.3 is 5.97 Å². The molecule has 3 rings (SSSR count). The molecule has 160 valence electrons. The van der Waals surface area contributed by atoms with Crippen LogP contribution in [0.25, 0.3) is 6.08 Å². The second kappa shape index (κ2) is 14.5. The number of carboxylic acid groups (broad SMARTS) is 1. The standard InChI is InChI=1S/C10H11NO2.C7H7NO.C6H4BrNO/c1-8-5-6-9(7-11-8)3-2-4-10(12)13;1-6-2-3-7(5-9)4-8-6;7-6-2-1-5(4-9)3-8-6/h2-3,5-7H,4H2,1H3,(H,12,13);2-5H,1H3;1-4H/b3-2+;;. The molecule has 3 heterocycles. The maximum atomic E-state index is 10.2. The fourth-order valence-electron chi connectivity index (χ4n) is 1.88. The Bertz CT molecular complexity index is 937. The van der Waals surface area contributed by atoms with E-state index in [9.17, 15) is 14.4 Å². The van der Waals surface area contributed by atoms with Crippen molar-refractivity contribution in [3.05, 3.63) is 93.7 Å². The number of aryl methyl sites for hydroxylation is 2. The number of rotatable bonds is 5. The largest absolute Gasteiger partial charge is 0.481 e. The van der Waals surface area contributed by atoms with Crippen LogP contribution in [0.3, 0.4) is 0 Å². The summed E-state index contributed by atoms with van der Waals surface area (Å²) in [5, 5.41) is 8.37. The first-order valence-corrected chi connectivity index (χ1v) is 9.89. The summed E-state index contributed by atoms with van der Waals surface area (Å²) in [4.78, 5) is 42.1. The molecule has 3 aromatic heterocycles. The summed E-state index contributed by atoms with van der Waals surface area (Å²) >= 11 is 3.15. The van der Waals surface area contributed by atoms with Crippen molar-refractivity contribution >= 4 is 40.5 Å². The van der Waals surface area contributed by atoms with Crippen LogP contribution in [0.4, 0.5) is 0 Å². The number of carbonyl (C=O) groups is 3. The van der Waals surface area contributed by atoms with Gasteiger partial charge in [-0.2, -0.15) is 0 Å². The highest BCUT2D eigenvalue weighted by atomic mass is 79.9. The molecule has 0 aliphatic heterocycles. The van der Waals surface area contributed by atoms with Crippen LogP contribution in [-0.2, 0) is 4.79 Å². The molecule has 0 radical (unpaired) electrons. The third kappa shape index (κ3) is 11.9. The molecule has 0 aromatic carbocycles. The average Bonchev–Trinajstić information content (AvgIpc) is 2.77. The maximum Gasteiger partial charge on any atom is 0.307 e. The van der Waals surface area contributed by atoms with Gasteiger partial charge in [0.05, 0.1) is 6.42 Å². The molecule has 0 amide bonds. The molecule has 0 bridgehead atoms. The van der Waals surface area contributed by atoms with E-state index in [1.54, 1.807) is 42.7 Å². The van der Waals surface area contributed by atoms with Crippen molar-refractivity contribution < 1.29 is 19.5 Å². The summed E-state index contributed by atoms with van der Waals surface area (Å²) in [5.41, 5.74) is 4.03. The summed E-state index contributed by atoms with van der Waals surface area (Å²) < 4.78 is 0.744. The van der Waals surface area contributed by atoms with Gasteiger partial charge in [-0.15, -0.1) is 0 Å². The van der Waals surface area contributed by atoms with E-state index >= 15 is 0 Å². The molecule has 8 heteroatoms. The predicted octanol–water partition coefficient (Wildman–Crippen LogP) is 4.74. The number of hydrogen-bond donors (Lipinski definition) is 1. The Kier molecular flexibility index (Phi) is 11.9. The first-order valence-electron chi connectivity index (χ1n) is 9.09. The highest BCUT2D eigenvalue weighted by Crippen LogP contribution is 2.04. The number of pyridine rings is 3. The summed E-state index contributed by atoms with van der Waals surface area (Å²) in [7, 11) is 0. The van der Waals surface area contributed by atoms with Crippen LogP contribution < -0.4 is 0 Å². The Morgan fingerprint density at radius 1 is 0.839 bits per heavy atom. The Labute approximate surface area is 189 Å². The zero-order valence-electron chi connectivity index (χ0n) is 17.1. The first-order chi connectivity index (χ1) is 14.8. The van der Waals surface area contributed by atoms with Gasteiger partial charge in [0.25, 0.3) is 0 Å². The van der Waals surface area contributed by atoms with E-state index in [2.05, 4.69) is 30.9 Å². The van der Waals surface area contributed by atoms with E-state index < -0.39 is 5.97 Å². The van der Waals surface area contributed by atoms with Crippen molar-refractivity contribution in [1.29, 1.82) is 0 Å². The molecule has 0 saturated carbocycles. The SMILES string of the molecule is Cc1ccc(/C=C/CC(=O)O)cn1.Cc1ccc(C=O)cn1.O=Cc1ccc(Br)nc1. The molecule has 0 unspecified atom stereocenters. The van der Waals surface area contributed by atoms with Gasteiger partial charge in [0.15, 0.2) is 12.6 Å². The molecular formula is C23H22BrN3O4. The highest BCUT2D eigenvalue weighted by Gasteiger charge is 1.91. The number of nitrogens with zero attached hydrogens (tertiary/aromatic N) is 3. The van der Waals surface area contributed by atoms with E-state index in [1.165, 1.54) is 6.20 Å². The van der Waals surface area contributed by atoms with Gasteiger partial charge in [0, 0.05) is 41.1 Å². The number of halogens is 1. The van der Waals surface area contributed by atoms with Crippen LogP contribution >= 0.6 is 15.9 Å². The van der Waals surface area contributed by atoms with Crippen molar-refractivity contribution in [1.82, 2.24) is 15.0 Å². The molecule has 0 spiro atoms. The quantitative estimate of drug-likeness (QED) is 0.412. The van der Waals surface area contributed by atoms with Crippen molar-refractivity contribution in [2.24, 2.45) is 0 Å². The van der Waals surface area contributed by atoms with Crippen molar-refractivity contribution in [3.63, 3.8) is 0 Å². The first kappa shape index (κ1) is 25.5. The fourth-order valence-corrected chi connectivity index (χ4v) is 2.11. The van der Waals surface area contributed by atoms with Crippen LogP contribution in [0.15, 0.2) is 65.7 Å². The highest BCUT2D eigenvalue weighted by molar-refractivity contribution is 9.10. The summed E-state index contributed by atoms with van der Waals surface area (Å²) in [6.07, 6.45) is 9.74. The van der Waals surface area contributed by atoms with Gasteiger partial charge in [-0.3, -0.25) is 24.4 Å². The van der Waals surface area contributed by atoms with Crippen LogP contribution in [-0.4, -0.2) is 38.6 Å². The minimum Gasteiger partial charge on any atom is -0.481 e. The number of carbonyl (C=O) groups excluding carboxylic acids is 2. The molecule has 1 N–H and O–H groups in total. The second-order valence-electron chi connectivity index (χ2n) is 6.12. The average molecular weight is 484 g/mol. The molecule has 0 aliphatic rings. The molecule has 0 saturated heterocycles. The third-order valence-electron chi connectivity index (χ3n) is 3.49. The van der Waals surface area contributed by atoms with Crippen molar-refractivity contribution in [2.45, 2.75) is 20.3 Å². The molecule has 31 heavy (non-hydrogen) atoms. The Morgan fingerprint density at radius 3 is 1.71 bits per heavy atom. The minimum absolute atomic E-state index is 0.0495. The lowest BCUT2D eigenvalue weighted by molar-refractivity contribution is -0.135. The Balaban J connectivity index is 0.000000239. The van der Waals surface area contributed by atoms with E-state index in [-0.39, 0.29) is 6.42 Å². The lowest BCUT2D eigenvalue weighted by Crippen LogP contribution is -1.89. The number of aldehydes is 2. The van der Waals surface area contributed by atoms with Crippen molar-refractivity contribution in [3.8, 4) is 0 Å². The van der Waals surface area contributed by atoms with Gasteiger partial charge in [-0.1, -0.05) is 18.2 Å². The monoisotopic (exact) mass is 483 g/mol. The van der Waals surface area contributed by atoms with E-state index in [0.717, 1.165) is 34.1 Å². The number of hydrogen-bond acceptors (Lipinski definition) is 6. The fraction of sp³-hybridized carbons (Fsp3) is 0.130. The summed E-state index contributed by atoms with van der Waals surface area (Å²) in [6, 6.07) is 10.8. The minimum atomic E-state index is -0.823. The zero-order valence-corrected chi connectivity index (χ0v) is 18.7. The molecule has 0 aliphatic carbocycles. The van der Waals surface area contributed by atoms with Crippen LogP contribution in [0.1, 0.15) is 44.1 Å². The molecule has 3 aromatic rings. The summed E-state index contributed by atoms with van der Waals surface area (Å²) in [6.45, 7) is 3.79. The molecular weight excluding hydrogens is 462 g/mol. The van der Waals surface area contributed by atoms with Crippen LogP contribution in [0.5, 0.6) is 0 Å². The molecule has 0 fully saturated rings. The van der Waals surface area contributed by atoms with Gasteiger partial charge in [-0.05, 0) is 65.7 Å². The van der Waals surface area contributed by atoms with Gasteiger partial charge in [0.1, 0.15) is 4.60 Å². The van der Waals surface area contributed by atoms with Gasteiger partial charge in [-0.25, -0.2) is 4.98 Å². The Morgan fingerprint density at radius 2 is 1.32 bits per heavy atom. The molecule has 0 atom stereocenters. The lowest BCUT2D eigenvalue weighted by atomic mass is 10.2.